The average molecular weight is 485 g/mol. The van der Waals surface area contributed by atoms with Crippen LogP contribution in [-0.2, 0) is 17.9 Å². The van der Waals surface area contributed by atoms with Crippen LogP contribution in [-0.4, -0.2) is 38.1 Å². The quantitative estimate of drug-likeness (QED) is 0.408. The number of hydrogen-bond acceptors (Lipinski definition) is 5. The molecule has 0 heterocycles. The topological polar surface area (TPSA) is 60.0 Å². The Morgan fingerprint density at radius 3 is 2.48 bits per heavy atom. The van der Waals surface area contributed by atoms with Gasteiger partial charge < -0.3 is 24.6 Å². The molecule has 0 aromatic heterocycles. The van der Waals surface area contributed by atoms with Gasteiger partial charge in [0.05, 0.1) is 31.5 Å². The minimum Gasteiger partial charge on any atom is -0.490 e. The van der Waals surface area contributed by atoms with Crippen molar-refractivity contribution in [2.75, 3.05) is 33.0 Å². The smallest absolute Gasteiger partial charge is 0.180 e. The molecule has 29 heavy (non-hydrogen) atoms. The van der Waals surface area contributed by atoms with E-state index in [1.807, 2.05) is 25.1 Å². The van der Waals surface area contributed by atoms with Crippen molar-refractivity contribution in [3.63, 3.8) is 0 Å². The van der Waals surface area contributed by atoms with Crippen molar-refractivity contribution in [3.8, 4) is 11.5 Å². The molecule has 2 aromatic carbocycles. The second-order valence-corrected chi connectivity index (χ2v) is 7.13. The van der Waals surface area contributed by atoms with Crippen molar-refractivity contribution in [3.05, 3.63) is 56.5 Å². The molecule has 0 spiro atoms. The lowest BCUT2D eigenvalue weighted by molar-refractivity contribution is 0.0938. The van der Waals surface area contributed by atoms with E-state index in [1.165, 1.54) is 0 Å². The first-order valence-corrected chi connectivity index (χ1v) is 10.1. The predicted molar refractivity (Wildman–Crippen MR) is 120 cm³/mol. The summed E-state index contributed by atoms with van der Waals surface area (Å²) in [6.07, 6.45) is 0. The summed E-state index contributed by atoms with van der Waals surface area (Å²) in [5.41, 5.74) is 1.77. The summed E-state index contributed by atoms with van der Waals surface area (Å²) in [5.74, 6) is 1.05. The molecule has 9 heteroatoms. The summed E-state index contributed by atoms with van der Waals surface area (Å²) in [6.45, 7) is 4.78. The molecule has 0 fully saturated rings. The highest BCUT2D eigenvalue weighted by Crippen LogP contribution is 2.37. The molecular weight excluding hydrogens is 460 g/mol. The number of rotatable bonds is 12. The molecule has 0 atom stereocenters. The van der Waals surface area contributed by atoms with E-state index < -0.39 is 0 Å². The molecule has 0 saturated carbocycles. The van der Waals surface area contributed by atoms with Gasteiger partial charge in [0.15, 0.2) is 11.5 Å². The number of aliphatic hydroxyl groups is 1. The number of halogens is 4. The van der Waals surface area contributed by atoms with Gasteiger partial charge in [-0.3, -0.25) is 0 Å². The third-order valence-electron chi connectivity index (χ3n) is 3.74. The van der Waals surface area contributed by atoms with Crippen molar-refractivity contribution < 1.29 is 19.3 Å². The normalized spacial score (nSPS) is 10.5. The first-order chi connectivity index (χ1) is 13.5. The standard InChI is InChI=1S/C20H24Cl3NO4.ClH/c1-2-27-19-10-14(12-24-5-7-26-8-6-25)9-18(23)20(19)28-13-15-3-4-16(21)11-17(15)22;/h3-4,9-11,24-25H,2,5-8,12-13H2,1H3;1H. The minimum absolute atomic E-state index is 0. The van der Waals surface area contributed by atoms with E-state index in [9.17, 15) is 0 Å². The molecule has 0 aliphatic carbocycles. The molecule has 0 bridgehead atoms. The number of aliphatic hydroxyl groups excluding tert-OH is 1. The first-order valence-electron chi connectivity index (χ1n) is 8.96. The van der Waals surface area contributed by atoms with Crippen LogP contribution < -0.4 is 14.8 Å². The zero-order valence-corrected chi connectivity index (χ0v) is 19.1. The van der Waals surface area contributed by atoms with Gasteiger partial charge in [0, 0.05) is 28.7 Å². The molecule has 0 radical (unpaired) electrons. The molecule has 0 aliphatic rings. The van der Waals surface area contributed by atoms with Crippen LogP contribution in [0.3, 0.4) is 0 Å². The van der Waals surface area contributed by atoms with Crippen LogP contribution in [0.2, 0.25) is 15.1 Å². The van der Waals surface area contributed by atoms with Gasteiger partial charge in [-0.1, -0.05) is 40.9 Å². The Balaban J connectivity index is 0.00000420. The van der Waals surface area contributed by atoms with Gasteiger partial charge in [-0.2, -0.15) is 0 Å². The van der Waals surface area contributed by atoms with E-state index in [0.717, 1.165) is 11.1 Å². The van der Waals surface area contributed by atoms with Crippen molar-refractivity contribution in [2.24, 2.45) is 0 Å². The summed E-state index contributed by atoms with van der Waals surface area (Å²) in [5, 5.41) is 13.5. The molecule has 2 N–H and O–H groups in total. The Bertz CT molecular complexity index is 762. The van der Waals surface area contributed by atoms with Gasteiger partial charge in [0.2, 0.25) is 0 Å². The number of ether oxygens (including phenoxy) is 3. The third-order valence-corrected chi connectivity index (χ3v) is 4.61. The Morgan fingerprint density at radius 2 is 1.79 bits per heavy atom. The van der Waals surface area contributed by atoms with Crippen molar-refractivity contribution >= 4 is 47.2 Å². The molecule has 2 rings (SSSR count). The maximum absolute atomic E-state index is 8.68. The molecule has 0 aliphatic heterocycles. The minimum atomic E-state index is 0. The second kappa shape index (κ2) is 14.1. The van der Waals surface area contributed by atoms with Crippen LogP contribution in [0.4, 0.5) is 0 Å². The van der Waals surface area contributed by atoms with Gasteiger partial charge in [-0.15, -0.1) is 12.4 Å². The summed E-state index contributed by atoms with van der Waals surface area (Å²) < 4.78 is 16.8. The Labute approximate surface area is 192 Å². The Morgan fingerprint density at radius 1 is 1.00 bits per heavy atom. The van der Waals surface area contributed by atoms with E-state index in [-0.39, 0.29) is 25.6 Å². The first kappa shape index (κ1) is 26.1. The summed E-state index contributed by atoms with van der Waals surface area (Å²) in [7, 11) is 0. The summed E-state index contributed by atoms with van der Waals surface area (Å²) in [6, 6.07) is 8.98. The van der Waals surface area contributed by atoms with Gasteiger partial charge in [-0.25, -0.2) is 0 Å². The molecule has 0 amide bonds. The third kappa shape index (κ3) is 8.77. The van der Waals surface area contributed by atoms with Crippen LogP contribution in [0.15, 0.2) is 30.3 Å². The summed E-state index contributed by atoms with van der Waals surface area (Å²) in [4.78, 5) is 0. The molecule has 5 nitrogen and oxygen atoms in total. The maximum atomic E-state index is 8.68. The van der Waals surface area contributed by atoms with Crippen LogP contribution in [0.5, 0.6) is 11.5 Å². The Kier molecular flexibility index (Phi) is 12.7. The van der Waals surface area contributed by atoms with E-state index in [0.29, 0.717) is 59.5 Å². The van der Waals surface area contributed by atoms with E-state index in [2.05, 4.69) is 5.32 Å². The lowest BCUT2D eigenvalue weighted by atomic mass is 10.2. The monoisotopic (exact) mass is 483 g/mol. The largest absolute Gasteiger partial charge is 0.490 e. The fourth-order valence-corrected chi connectivity index (χ4v) is 3.21. The summed E-state index contributed by atoms with van der Waals surface area (Å²) >= 11 is 18.6. The Hall–Kier alpha value is -0.920. The van der Waals surface area contributed by atoms with Crippen molar-refractivity contribution in [1.82, 2.24) is 5.32 Å². The molecular formula is C20H25Cl4NO4. The molecule has 162 valence electrons. The maximum Gasteiger partial charge on any atom is 0.180 e. The van der Waals surface area contributed by atoms with E-state index in [1.54, 1.807) is 12.1 Å². The highest BCUT2D eigenvalue weighted by Gasteiger charge is 2.14. The average Bonchev–Trinajstić information content (AvgIpc) is 2.65. The van der Waals surface area contributed by atoms with Crippen LogP contribution in [0.25, 0.3) is 0 Å². The van der Waals surface area contributed by atoms with Crippen molar-refractivity contribution in [2.45, 2.75) is 20.1 Å². The van der Waals surface area contributed by atoms with Gasteiger partial charge in [0.1, 0.15) is 6.61 Å². The van der Waals surface area contributed by atoms with Crippen molar-refractivity contribution in [1.29, 1.82) is 0 Å². The fourth-order valence-electron chi connectivity index (χ4n) is 2.46. The highest BCUT2D eigenvalue weighted by atomic mass is 35.5. The van der Waals surface area contributed by atoms with Gasteiger partial charge in [-0.05, 0) is 36.8 Å². The van der Waals surface area contributed by atoms with Crippen LogP contribution >= 0.6 is 47.2 Å². The molecule has 0 unspecified atom stereocenters. The van der Waals surface area contributed by atoms with Crippen LogP contribution in [0, 0.1) is 0 Å². The van der Waals surface area contributed by atoms with E-state index in [4.69, 9.17) is 54.1 Å². The van der Waals surface area contributed by atoms with Crippen LogP contribution in [0.1, 0.15) is 18.1 Å². The predicted octanol–water partition coefficient (Wildman–Crippen LogP) is 5.14. The zero-order valence-electron chi connectivity index (χ0n) is 16.1. The lowest BCUT2D eigenvalue weighted by Crippen LogP contribution is -2.20. The number of nitrogens with one attached hydrogen (secondary N) is 1. The number of benzene rings is 2. The lowest BCUT2D eigenvalue weighted by Gasteiger charge is -2.16. The SMILES string of the molecule is CCOc1cc(CNCCOCCO)cc(Cl)c1OCc1ccc(Cl)cc1Cl.Cl. The van der Waals surface area contributed by atoms with Gasteiger partial charge in [0.25, 0.3) is 0 Å². The van der Waals surface area contributed by atoms with Gasteiger partial charge >= 0.3 is 0 Å². The highest BCUT2D eigenvalue weighted by molar-refractivity contribution is 6.35. The molecule has 0 saturated heterocycles. The fraction of sp³-hybridized carbons (Fsp3) is 0.400. The zero-order chi connectivity index (χ0) is 20.4. The second-order valence-electron chi connectivity index (χ2n) is 5.88. The van der Waals surface area contributed by atoms with E-state index >= 15 is 0 Å². The number of hydrogen-bond donors (Lipinski definition) is 2. The molecule has 2 aromatic rings.